The number of amides is 3. The molecule has 1 atom stereocenters. The molecule has 2 aliphatic heterocycles. The van der Waals surface area contributed by atoms with Gasteiger partial charge >= 0.3 is 0 Å². The minimum absolute atomic E-state index is 0.229. The molecule has 0 bridgehead atoms. The highest BCUT2D eigenvalue weighted by Gasteiger charge is 2.36. The Kier molecular flexibility index (Phi) is 4.77. The van der Waals surface area contributed by atoms with Crippen LogP contribution in [0, 0.1) is 5.92 Å². The first-order valence-corrected chi connectivity index (χ1v) is 8.48. The minimum Gasteiger partial charge on any atom is -0.355 e. The second kappa shape index (κ2) is 6.80. The van der Waals surface area contributed by atoms with Crippen LogP contribution in [0.2, 0.25) is 0 Å². The Hall–Kier alpha value is -1.73. The summed E-state index contributed by atoms with van der Waals surface area (Å²) in [6.45, 7) is 2.36. The molecule has 2 N–H and O–H groups in total. The summed E-state index contributed by atoms with van der Waals surface area (Å²) in [4.78, 5) is 37.5. The van der Waals surface area contributed by atoms with E-state index in [2.05, 4.69) is 26.6 Å². The summed E-state index contributed by atoms with van der Waals surface area (Å²) in [6, 6.07) is 4.93. The van der Waals surface area contributed by atoms with Crippen molar-refractivity contribution in [2.75, 3.05) is 26.2 Å². The molecule has 2 heterocycles. The van der Waals surface area contributed by atoms with Gasteiger partial charge in [-0.05, 0) is 50.0 Å². The van der Waals surface area contributed by atoms with E-state index in [-0.39, 0.29) is 12.5 Å². The van der Waals surface area contributed by atoms with Crippen LogP contribution in [-0.4, -0.2) is 48.8 Å². The Morgan fingerprint density at radius 3 is 2.83 bits per heavy atom. The van der Waals surface area contributed by atoms with E-state index in [0.29, 0.717) is 23.6 Å². The van der Waals surface area contributed by atoms with Crippen molar-refractivity contribution >= 4 is 33.7 Å². The van der Waals surface area contributed by atoms with Crippen LogP contribution in [0.5, 0.6) is 0 Å². The van der Waals surface area contributed by atoms with Gasteiger partial charge in [0.05, 0.1) is 11.1 Å². The third-order valence-electron chi connectivity index (χ3n) is 4.27. The first-order valence-electron chi connectivity index (χ1n) is 7.69. The van der Waals surface area contributed by atoms with Crippen LogP contribution in [0.25, 0.3) is 0 Å². The second-order valence-electron chi connectivity index (χ2n) is 5.88. The maximum absolute atomic E-state index is 12.3. The molecule has 3 amide bonds. The lowest BCUT2D eigenvalue weighted by molar-refractivity contribution is -0.121. The van der Waals surface area contributed by atoms with Gasteiger partial charge in [0, 0.05) is 11.0 Å². The number of hydrogen-bond donors (Lipinski definition) is 2. The number of carbonyl (C=O) groups excluding carboxylic acids is 3. The fourth-order valence-corrected chi connectivity index (χ4v) is 3.34. The summed E-state index contributed by atoms with van der Waals surface area (Å²) in [5.74, 6) is -0.537. The number of nitrogens with one attached hydrogen (secondary N) is 2. The van der Waals surface area contributed by atoms with Crippen molar-refractivity contribution in [3.05, 3.63) is 33.8 Å². The first-order chi connectivity index (χ1) is 11.1. The zero-order valence-corrected chi connectivity index (χ0v) is 14.2. The molecule has 0 aliphatic carbocycles. The van der Waals surface area contributed by atoms with Gasteiger partial charge in [-0.15, -0.1) is 0 Å². The number of hydrogen-bond acceptors (Lipinski definition) is 4. The lowest BCUT2D eigenvalue weighted by Gasteiger charge is -2.14. The number of rotatable bonds is 5. The van der Waals surface area contributed by atoms with Gasteiger partial charge < -0.3 is 10.6 Å². The van der Waals surface area contributed by atoms with Crippen molar-refractivity contribution in [2.45, 2.75) is 12.8 Å². The normalized spacial score (nSPS) is 20.0. The van der Waals surface area contributed by atoms with Crippen molar-refractivity contribution in [1.29, 1.82) is 0 Å². The molecule has 6 nitrogen and oxygen atoms in total. The van der Waals surface area contributed by atoms with E-state index in [4.69, 9.17) is 0 Å². The molecule has 0 radical (unpaired) electrons. The molecule has 1 aromatic rings. The zero-order valence-electron chi connectivity index (χ0n) is 12.6. The van der Waals surface area contributed by atoms with E-state index < -0.39 is 11.8 Å². The van der Waals surface area contributed by atoms with Crippen LogP contribution in [0.3, 0.4) is 0 Å². The standard InChI is InChI=1S/C16H18BrN3O3/c17-11-1-2-12-13(7-11)16(23)20(15(12)22)9-14(21)19-6-4-10-3-5-18-8-10/h1-2,7,10,18H,3-6,8-9H2,(H,19,21). The predicted octanol–water partition coefficient (Wildman–Crippen LogP) is 1.16. The molecule has 0 spiro atoms. The van der Waals surface area contributed by atoms with E-state index in [1.54, 1.807) is 18.2 Å². The summed E-state index contributed by atoms with van der Waals surface area (Å²) < 4.78 is 0.730. The van der Waals surface area contributed by atoms with E-state index in [1.807, 2.05) is 0 Å². The number of halogens is 1. The summed E-state index contributed by atoms with van der Waals surface area (Å²) in [5, 5.41) is 6.07. The van der Waals surface area contributed by atoms with Crippen molar-refractivity contribution < 1.29 is 14.4 Å². The number of carbonyl (C=O) groups is 3. The molecule has 2 aliphatic rings. The molecular weight excluding hydrogens is 362 g/mol. The van der Waals surface area contributed by atoms with E-state index in [1.165, 1.54) is 0 Å². The van der Waals surface area contributed by atoms with Gasteiger partial charge in [-0.3, -0.25) is 19.3 Å². The zero-order chi connectivity index (χ0) is 16.4. The molecule has 1 fully saturated rings. The summed E-state index contributed by atoms with van der Waals surface area (Å²) in [7, 11) is 0. The fourth-order valence-electron chi connectivity index (χ4n) is 2.98. The minimum atomic E-state index is -0.415. The number of nitrogens with zero attached hydrogens (tertiary/aromatic N) is 1. The smallest absolute Gasteiger partial charge is 0.262 e. The Morgan fingerprint density at radius 1 is 1.30 bits per heavy atom. The highest BCUT2D eigenvalue weighted by molar-refractivity contribution is 9.10. The lowest BCUT2D eigenvalue weighted by Crippen LogP contribution is -2.40. The van der Waals surface area contributed by atoms with Gasteiger partial charge in [-0.2, -0.15) is 0 Å². The maximum Gasteiger partial charge on any atom is 0.262 e. The Bertz CT molecular complexity index is 656. The van der Waals surface area contributed by atoms with Crippen molar-refractivity contribution in [3.8, 4) is 0 Å². The summed E-state index contributed by atoms with van der Waals surface area (Å²) in [6.07, 6.45) is 2.04. The molecule has 7 heteroatoms. The third kappa shape index (κ3) is 3.45. The van der Waals surface area contributed by atoms with Gasteiger partial charge in [-0.1, -0.05) is 15.9 Å². The van der Waals surface area contributed by atoms with E-state index >= 15 is 0 Å². The van der Waals surface area contributed by atoms with Crippen molar-refractivity contribution in [1.82, 2.24) is 15.5 Å². The molecule has 0 saturated carbocycles. The molecule has 122 valence electrons. The molecule has 1 unspecified atom stereocenters. The average Bonchev–Trinajstić information content (AvgIpc) is 3.11. The Morgan fingerprint density at radius 2 is 2.09 bits per heavy atom. The lowest BCUT2D eigenvalue weighted by atomic mass is 10.1. The van der Waals surface area contributed by atoms with Gasteiger partial charge in [0.1, 0.15) is 6.54 Å². The molecule has 1 aromatic carbocycles. The number of imide groups is 1. The monoisotopic (exact) mass is 379 g/mol. The molecule has 1 saturated heterocycles. The number of fused-ring (bicyclic) bond motifs is 1. The van der Waals surface area contributed by atoms with Crippen LogP contribution >= 0.6 is 15.9 Å². The topological polar surface area (TPSA) is 78.5 Å². The molecule has 0 aromatic heterocycles. The van der Waals surface area contributed by atoms with E-state index in [9.17, 15) is 14.4 Å². The first kappa shape index (κ1) is 16.1. The van der Waals surface area contributed by atoms with Crippen molar-refractivity contribution in [2.24, 2.45) is 5.92 Å². The average molecular weight is 380 g/mol. The predicted molar refractivity (Wildman–Crippen MR) is 88.1 cm³/mol. The van der Waals surface area contributed by atoms with Crippen molar-refractivity contribution in [3.63, 3.8) is 0 Å². The maximum atomic E-state index is 12.3. The quantitative estimate of drug-likeness (QED) is 0.752. The van der Waals surface area contributed by atoms with Crippen LogP contribution in [0.1, 0.15) is 33.6 Å². The Balaban J connectivity index is 1.54. The van der Waals surface area contributed by atoms with Crippen LogP contribution in [-0.2, 0) is 4.79 Å². The van der Waals surface area contributed by atoms with Gasteiger partial charge in [0.25, 0.3) is 11.8 Å². The van der Waals surface area contributed by atoms with Crippen LogP contribution in [0.4, 0.5) is 0 Å². The van der Waals surface area contributed by atoms with Crippen LogP contribution < -0.4 is 10.6 Å². The Labute approximate surface area is 142 Å². The number of benzene rings is 1. The fraction of sp³-hybridized carbons (Fsp3) is 0.438. The molecule has 23 heavy (non-hydrogen) atoms. The summed E-state index contributed by atoms with van der Waals surface area (Å²) >= 11 is 3.28. The highest BCUT2D eigenvalue weighted by Crippen LogP contribution is 2.25. The molecular formula is C16H18BrN3O3. The second-order valence-corrected chi connectivity index (χ2v) is 6.80. The highest BCUT2D eigenvalue weighted by atomic mass is 79.9. The van der Waals surface area contributed by atoms with E-state index in [0.717, 1.165) is 35.3 Å². The van der Waals surface area contributed by atoms with Gasteiger partial charge in [0.2, 0.25) is 5.91 Å². The van der Waals surface area contributed by atoms with Crippen LogP contribution in [0.15, 0.2) is 22.7 Å². The van der Waals surface area contributed by atoms with Gasteiger partial charge in [0.15, 0.2) is 0 Å². The third-order valence-corrected chi connectivity index (χ3v) is 4.76. The SMILES string of the molecule is O=C(CN1C(=O)c2ccc(Br)cc2C1=O)NCCC1CCNC1. The summed E-state index contributed by atoms with van der Waals surface area (Å²) in [5.41, 5.74) is 0.692. The largest absolute Gasteiger partial charge is 0.355 e. The molecule has 3 rings (SSSR count). The van der Waals surface area contributed by atoms with Gasteiger partial charge in [-0.25, -0.2) is 0 Å².